The second kappa shape index (κ2) is 10.4. The standard InChI is InChI=1S/C35H27Cl3N2O4/c1-19(2)30(31(41)39-21-13-17-23(18-14-21)44-22-15-11-20(36)12-16-22)40-32(42)28-29(33(40)43)35(38)25-8-4-3-7-24(25)34(28,37)26-9-5-6-10-27(26)35/h3-19,28-30H,1-2H3,(H,39,41)/t28-,29-,30+,34?,35?/m1/s1. The summed E-state index contributed by atoms with van der Waals surface area (Å²) in [5.74, 6) is -2.64. The third-order valence-corrected chi connectivity index (χ3v) is 10.5. The zero-order valence-electron chi connectivity index (χ0n) is 23.8. The molecule has 8 rings (SSSR count). The number of rotatable bonds is 6. The fourth-order valence-corrected chi connectivity index (χ4v) is 8.37. The van der Waals surface area contributed by atoms with Crippen molar-refractivity contribution in [3.63, 3.8) is 0 Å². The summed E-state index contributed by atoms with van der Waals surface area (Å²) in [5.41, 5.74) is 3.34. The van der Waals surface area contributed by atoms with Gasteiger partial charge in [0.15, 0.2) is 0 Å². The van der Waals surface area contributed by atoms with Crippen LogP contribution in [-0.4, -0.2) is 28.7 Å². The molecule has 1 fully saturated rings. The fourth-order valence-electron chi connectivity index (χ4n) is 7.14. The van der Waals surface area contributed by atoms with Crippen LogP contribution in [0.2, 0.25) is 5.02 Å². The molecular weight excluding hydrogens is 619 g/mol. The van der Waals surface area contributed by atoms with Crippen LogP contribution in [0.15, 0.2) is 97.1 Å². The average molecular weight is 646 g/mol. The quantitative estimate of drug-likeness (QED) is 0.172. The van der Waals surface area contributed by atoms with Gasteiger partial charge in [0, 0.05) is 10.7 Å². The van der Waals surface area contributed by atoms with Gasteiger partial charge in [-0.3, -0.25) is 19.3 Å². The molecule has 1 saturated heterocycles. The summed E-state index contributed by atoms with van der Waals surface area (Å²) in [6.45, 7) is 3.61. The van der Waals surface area contributed by atoms with E-state index >= 15 is 0 Å². The minimum absolute atomic E-state index is 0.393. The first kappa shape index (κ1) is 28.9. The number of anilines is 1. The second-order valence-electron chi connectivity index (χ2n) is 11.8. The predicted molar refractivity (Wildman–Crippen MR) is 170 cm³/mol. The molecule has 0 spiro atoms. The highest BCUT2D eigenvalue weighted by Crippen LogP contribution is 2.69. The van der Waals surface area contributed by atoms with E-state index in [0.717, 1.165) is 4.90 Å². The molecule has 2 bridgehead atoms. The van der Waals surface area contributed by atoms with Crippen molar-refractivity contribution in [1.29, 1.82) is 0 Å². The van der Waals surface area contributed by atoms with E-state index in [4.69, 9.17) is 39.5 Å². The molecule has 3 amide bonds. The minimum atomic E-state index is -1.31. The van der Waals surface area contributed by atoms with Crippen LogP contribution in [0.3, 0.4) is 0 Å². The van der Waals surface area contributed by atoms with Crippen molar-refractivity contribution < 1.29 is 19.1 Å². The Kier molecular flexibility index (Phi) is 6.81. The molecule has 0 radical (unpaired) electrons. The molecule has 6 nitrogen and oxygen atoms in total. The van der Waals surface area contributed by atoms with Crippen LogP contribution in [0, 0.1) is 17.8 Å². The van der Waals surface area contributed by atoms with Crippen molar-refractivity contribution in [3.8, 4) is 11.5 Å². The number of hydrogen-bond donors (Lipinski definition) is 1. The molecule has 0 unspecified atom stereocenters. The van der Waals surface area contributed by atoms with Gasteiger partial charge in [0.05, 0.1) is 11.8 Å². The van der Waals surface area contributed by atoms with E-state index in [-0.39, 0.29) is 0 Å². The van der Waals surface area contributed by atoms with Crippen molar-refractivity contribution in [3.05, 3.63) is 124 Å². The van der Waals surface area contributed by atoms with Gasteiger partial charge in [0.2, 0.25) is 17.7 Å². The number of halogens is 3. The molecule has 4 aliphatic rings. The Labute approximate surface area is 269 Å². The van der Waals surface area contributed by atoms with Gasteiger partial charge in [-0.2, -0.15) is 0 Å². The van der Waals surface area contributed by atoms with E-state index in [1.165, 1.54) is 0 Å². The first-order valence-electron chi connectivity index (χ1n) is 14.4. The summed E-state index contributed by atoms with van der Waals surface area (Å²) < 4.78 is 5.85. The Hall–Kier alpha value is -3.84. The van der Waals surface area contributed by atoms with E-state index in [9.17, 15) is 14.4 Å². The highest BCUT2D eigenvalue weighted by Gasteiger charge is 2.73. The molecule has 1 heterocycles. The van der Waals surface area contributed by atoms with Crippen molar-refractivity contribution in [1.82, 2.24) is 4.90 Å². The lowest BCUT2D eigenvalue weighted by Gasteiger charge is -2.54. The van der Waals surface area contributed by atoms with E-state index in [0.29, 0.717) is 44.5 Å². The molecule has 1 aliphatic heterocycles. The van der Waals surface area contributed by atoms with Gasteiger partial charge in [-0.1, -0.05) is 74.0 Å². The average Bonchev–Trinajstić information content (AvgIpc) is 3.28. The molecule has 3 aliphatic carbocycles. The molecule has 222 valence electrons. The summed E-state index contributed by atoms with van der Waals surface area (Å²) in [5, 5.41) is 3.49. The number of benzene rings is 4. The van der Waals surface area contributed by atoms with Gasteiger partial charge in [0.1, 0.15) is 27.3 Å². The molecular formula is C35H27Cl3N2O4. The molecule has 1 N–H and O–H groups in total. The number of alkyl halides is 2. The van der Waals surface area contributed by atoms with Crippen LogP contribution in [-0.2, 0) is 24.1 Å². The summed E-state index contributed by atoms with van der Waals surface area (Å²) >= 11 is 21.0. The number of carbonyl (C=O) groups is 3. The molecule has 4 aromatic carbocycles. The second-order valence-corrected chi connectivity index (χ2v) is 13.4. The van der Waals surface area contributed by atoms with Gasteiger partial charge in [0.25, 0.3) is 0 Å². The molecule has 0 aromatic heterocycles. The van der Waals surface area contributed by atoms with Crippen molar-refractivity contribution in [2.24, 2.45) is 17.8 Å². The van der Waals surface area contributed by atoms with Gasteiger partial charge < -0.3 is 10.1 Å². The third kappa shape index (κ3) is 4.04. The van der Waals surface area contributed by atoms with Crippen LogP contribution in [0.1, 0.15) is 36.1 Å². The number of ether oxygens (including phenoxy) is 1. The van der Waals surface area contributed by atoms with E-state index in [1.807, 2.05) is 48.5 Å². The number of amides is 3. The lowest BCUT2D eigenvalue weighted by atomic mass is 9.54. The van der Waals surface area contributed by atoms with Crippen molar-refractivity contribution in [2.45, 2.75) is 29.6 Å². The molecule has 3 atom stereocenters. The van der Waals surface area contributed by atoms with Gasteiger partial charge in [-0.15, -0.1) is 23.2 Å². The number of nitrogens with zero attached hydrogens (tertiary/aromatic N) is 1. The maximum atomic E-state index is 14.4. The van der Waals surface area contributed by atoms with Crippen LogP contribution >= 0.6 is 34.8 Å². The molecule has 4 aromatic rings. The molecule has 44 heavy (non-hydrogen) atoms. The number of hydrogen-bond acceptors (Lipinski definition) is 4. The molecule has 9 heteroatoms. The lowest BCUT2D eigenvalue weighted by Crippen LogP contribution is -2.57. The minimum Gasteiger partial charge on any atom is -0.457 e. The summed E-state index contributed by atoms with van der Waals surface area (Å²) in [6, 6.07) is 27.6. The van der Waals surface area contributed by atoms with Gasteiger partial charge in [-0.25, -0.2) is 0 Å². The first-order chi connectivity index (χ1) is 21.1. The Morgan fingerprint density at radius 2 is 1.14 bits per heavy atom. The maximum absolute atomic E-state index is 14.4. The maximum Gasteiger partial charge on any atom is 0.247 e. The van der Waals surface area contributed by atoms with Crippen LogP contribution < -0.4 is 10.1 Å². The monoisotopic (exact) mass is 644 g/mol. The Balaban J connectivity index is 1.20. The zero-order chi connectivity index (χ0) is 31.0. The third-order valence-electron chi connectivity index (χ3n) is 8.97. The van der Waals surface area contributed by atoms with Crippen molar-refractivity contribution in [2.75, 3.05) is 5.32 Å². The number of imide groups is 1. The van der Waals surface area contributed by atoms with E-state index < -0.39 is 51.3 Å². The predicted octanol–water partition coefficient (Wildman–Crippen LogP) is 7.69. The highest BCUT2D eigenvalue weighted by molar-refractivity contribution is 6.36. The summed E-state index contributed by atoms with van der Waals surface area (Å²) in [7, 11) is 0. The van der Waals surface area contributed by atoms with Crippen LogP contribution in [0.4, 0.5) is 5.69 Å². The largest absolute Gasteiger partial charge is 0.457 e. The number of likely N-dealkylation sites (tertiary alicyclic amines) is 1. The van der Waals surface area contributed by atoms with Crippen molar-refractivity contribution >= 4 is 58.2 Å². The Morgan fingerprint density at radius 3 is 1.55 bits per heavy atom. The molecule has 0 saturated carbocycles. The summed E-state index contributed by atoms with van der Waals surface area (Å²) in [6.07, 6.45) is 0. The van der Waals surface area contributed by atoms with Gasteiger partial charge >= 0.3 is 0 Å². The fraction of sp³-hybridized carbons (Fsp3) is 0.229. The summed E-state index contributed by atoms with van der Waals surface area (Å²) in [4.78, 5) is 41.2. The van der Waals surface area contributed by atoms with E-state index in [2.05, 4.69) is 5.32 Å². The SMILES string of the molecule is CC(C)[C@@H](C(=O)Nc1ccc(Oc2ccc(Cl)cc2)cc1)N1C(=O)[C@H]2[C@H](C1=O)C1(Cl)c3ccccc3C2(Cl)c2ccccc21. The number of nitrogens with one attached hydrogen (secondary N) is 1. The lowest BCUT2D eigenvalue weighted by molar-refractivity contribution is -0.148. The number of carbonyl (C=O) groups excluding carboxylic acids is 3. The highest BCUT2D eigenvalue weighted by atomic mass is 35.5. The Bertz CT molecular complexity index is 1700. The normalized spacial score (nSPS) is 25.4. The zero-order valence-corrected chi connectivity index (χ0v) is 26.0. The topological polar surface area (TPSA) is 75.7 Å². The smallest absolute Gasteiger partial charge is 0.247 e. The van der Waals surface area contributed by atoms with Crippen LogP contribution in [0.5, 0.6) is 11.5 Å². The first-order valence-corrected chi connectivity index (χ1v) is 15.5. The van der Waals surface area contributed by atoms with Gasteiger partial charge in [-0.05, 0) is 76.7 Å². The van der Waals surface area contributed by atoms with Crippen LogP contribution in [0.25, 0.3) is 0 Å². The Morgan fingerprint density at radius 1 is 0.727 bits per heavy atom. The van der Waals surface area contributed by atoms with E-state index in [1.54, 1.807) is 62.4 Å².